The molecule has 20 heavy (non-hydrogen) atoms. The minimum Gasteiger partial charge on any atom is -0.508 e. The Bertz CT molecular complexity index is 534. The summed E-state index contributed by atoms with van der Waals surface area (Å²) in [6.45, 7) is 2.05. The second-order valence-electron chi connectivity index (χ2n) is 7.44. The van der Waals surface area contributed by atoms with E-state index in [-0.39, 0.29) is 0 Å². The lowest BCUT2D eigenvalue weighted by atomic mass is 9.59. The van der Waals surface area contributed by atoms with Crippen molar-refractivity contribution >= 4 is 0 Å². The molecule has 1 aromatic carbocycles. The number of benzene rings is 1. The Kier molecular flexibility index (Phi) is 2.69. The van der Waals surface area contributed by atoms with E-state index in [0.717, 1.165) is 18.8 Å². The molecule has 0 radical (unpaired) electrons. The van der Waals surface area contributed by atoms with Crippen molar-refractivity contribution in [3.8, 4) is 5.75 Å². The lowest BCUT2D eigenvalue weighted by molar-refractivity contribution is -0.0204. The molecule has 4 rings (SSSR count). The van der Waals surface area contributed by atoms with Crippen molar-refractivity contribution in [2.45, 2.75) is 57.0 Å². The van der Waals surface area contributed by atoms with Gasteiger partial charge in [0.2, 0.25) is 0 Å². The zero-order valence-electron chi connectivity index (χ0n) is 12.2. The van der Waals surface area contributed by atoms with E-state index in [1.165, 1.54) is 36.8 Å². The first-order chi connectivity index (χ1) is 9.56. The topological polar surface area (TPSA) is 40.5 Å². The summed E-state index contributed by atoms with van der Waals surface area (Å²) in [6.07, 6.45) is 6.88. The van der Waals surface area contributed by atoms with Gasteiger partial charge in [-0.25, -0.2) is 0 Å². The van der Waals surface area contributed by atoms with Gasteiger partial charge in [0.15, 0.2) is 0 Å². The lowest BCUT2D eigenvalue weighted by Gasteiger charge is -2.46. The molecule has 3 aliphatic carbocycles. The molecule has 3 aliphatic rings. The van der Waals surface area contributed by atoms with Gasteiger partial charge in [-0.2, -0.15) is 0 Å². The summed E-state index contributed by atoms with van der Waals surface area (Å²) in [4.78, 5) is 0. The number of aliphatic hydroxyl groups is 1. The third-order valence-electron chi connectivity index (χ3n) is 6.43. The van der Waals surface area contributed by atoms with Crippen molar-refractivity contribution in [1.29, 1.82) is 0 Å². The number of hydrogen-bond donors (Lipinski definition) is 2. The van der Waals surface area contributed by atoms with Crippen LogP contribution in [-0.2, 0) is 6.42 Å². The smallest absolute Gasteiger partial charge is 0.115 e. The van der Waals surface area contributed by atoms with Gasteiger partial charge in [-0.1, -0.05) is 6.07 Å². The molecule has 2 saturated carbocycles. The third-order valence-corrected chi connectivity index (χ3v) is 6.43. The van der Waals surface area contributed by atoms with Gasteiger partial charge < -0.3 is 10.2 Å². The monoisotopic (exact) mass is 272 g/mol. The summed E-state index contributed by atoms with van der Waals surface area (Å²) < 4.78 is 0. The molecule has 0 spiro atoms. The Morgan fingerprint density at radius 3 is 2.80 bits per heavy atom. The van der Waals surface area contributed by atoms with Crippen LogP contribution in [0, 0.1) is 17.8 Å². The fraction of sp³-hybridized carbons (Fsp3) is 0.667. The summed E-state index contributed by atoms with van der Waals surface area (Å²) in [5.74, 6) is 3.04. The van der Waals surface area contributed by atoms with Crippen LogP contribution in [0.25, 0.3) is 0 Å². The van der Waals surface area contributed by atoms with E-state index in [0.29, 0.717) is 23.5 Å². The van der Waals surface area contributed by atoms with Crippen LogP contribution in [0.15, 0.2) is 18.2 Å². The van der Waals surface area contributed by atoms with Gasteiger partial charge >= 0.3 is 0 Å². The first-order valence-corrected chi connectivity index (χ1v) is 8.10. The molecule has 0 saturated heterocycles. The average Bonchev–Trinajstić information content (AvgIpc) is 2.74. The van der Waals surface area contributed by atoms with E-state index >= 15 is 0 Å². The highest BCUT2D eigenvalue weighted by Crippen LogP contribution is 2.57. The Balaban J connectivity index is 1.68. The predicted molar refractivity (Wildman–Crippen MR) is 78.7 cm³/mol. The Hall–Kier alpha value is -1.02. The molecule has 2 nitrogen and oxygen atoms in total. The van der Waals surface area contributed by atoms with Gasteiger partial charge in [-0.15, -0.1) is 0 Å². The number of rotatable bonds is 0. The van der Waals surface area contributed by atoms with Gasteiger partial charge in [0.1, 0.15) is 5.75 Å². The summed E-state index contributed by atoms with van der Waals surface area (Å²) in [5, 5.41) is 20.2. The van der Waals surface area contributed by atoms with Crippen LogP contribution in [0.1, 0.15) is 56.1 Å². The number of aryl methyl sites for hydroxylation is 1. The molecule has 0 aromatic heterocycles. The highest BCUT2D eigenvalue weighted by atomic mass is 16.3. The SMILES string of the molecule is CC1(O)CCC2C3CCc4cc(O)ccc4C3CCC21. The van der Waals surface area contributed by atoms with E-state index < -0.39 is 5.60 Å². The third kappa shape index (κ3) is 1.74. The van der Waals surface area contributed by atoms with Crippen molar-refractivity contribution in [3.63, 3.8) is 0 Å². The van der Waals surface area contributed by atoms with Crippen LogP contribution in [-0.4, -0.2) is 15.8 Å². The lowest BCUT2D eigenvalue weighted by Crippen LogP contribution is -2.40. The molecule has 0 bridgehead atoms. The number of hydrogen-bond acceptors (Lipinski definition) is 2. The first-order valence-electron chi connectivity index (χ1n) is 8.10. The maximum Gasteiger partial charge on any atom is 0.115 e. The number of phenolic OH excluding ortho intramolecular Hbond substituents is 1. The van der Waals surface area contributed by atoms with Crippen molar-refractivity contribution in [1.82, 2.24) is 0 Å². The highest BCUT2D eigenvalue weighted by molar-refractivity contribution is 5.40. The zero-order valence-corrected chi connectivity index (χ0v) is 12.2. The molecule has 1 aromatic rings. The molecule has 2 heteroatoms. The van der Waals surface area contributed by atoms with Crippen molar-refractivity contribution in [2.75, 3.05) is 0 Å². The maximum atomic E-state index is 10.6. The van der Waals surface area contributed by atoms with Gasteiger partial charge in [0.25, 0.3) is 0 Å². The summed E-state index contributed by atoms with van der Waals surface area (Å²) in [6, 6.07) is 5.95. The van der Waals surface area contributed by atoms with E-state index in [1.54, 1.807) is 0 Å². The molecular formula is C18H24O2. The quantitative estimate of drug-likeness (QED) is 0.757. The van der Waals surface area contributed by atoms with E-state index in [9.17, 15) is 10.2 Å². The van der Waals surface area contributed by atoms with Crippen molar-refractivity contribution in [2.24, 2.45) is 17.8 Å². The summed E-state index contributed by atoms with van der Waals surface area (Å²) in [7, 11) is 0. The molecule has 5 unspecified atom stereocenters. The minimum atomic E-state index is -0.426. The largest absolute Gasteiger partial charge is 0.508 e. The fourth-order valence-electron chi connectivity index (χ4n) is 5.51. The second-order valence-corrected chi connectivity index (χ2v) is 7.44. The number of aromatic hydroxyl groups is 1. The highest BCUT2D eigenvalue weighted by Gasteiger charge is 2.51. The average molecular weight is 272 g/mol. The Morgan fingerprint density at radius 1 is 1.10 bits per heavy atom. The van der Waals surface area contributed by atoms with Crippen LogP contribution >= 0.6 is 0 Å². The normalized spacial score (nSPS) is 42.7. The number of fused-ring (bicyclic) bond motifs is 5. The standard InChI is InChI=1S/C18H24O2/c1-18(20)9-8-16-15-4-2-11-10-12(19)3-5-13(11)14(15)6-7-17(16)18/h3,5,10,14-17,19-20H,2,4,6-9H2,1H3. The van der Waals surface area contributed by atoms with Crippen LogP contribution in [0.3, 0.4) is 0 Å². The number of phenols is 1. The Morgan fingerprint density at radius 2 is 1.95 bits per heavy atom. The minimum absolute atomic E-state index is 0.402. The molecule has 0 amide bonds. The molecule has 0 heterocycles. The van der Waals surface area contributed by atoms with Crippen LogP contribution < -0.4 is 0 Å². The van der Waals surface area contributed by atoms with Crippen molar-refractivity contribution in [3.05, 3.63) is 29.3 Å². The molecular weight excluding hydrogens is 248 g/mol. The van der Waals surface area contributed by atoms with Gasteiger partial charge in [-0.05, 0) is 92.4 Å². The van der Waals surface area contributed by atoms with E-state index in [2.05, 4.69) is 6.07 Å². The van der Waals surface area contributed by atoms with Crippen LogP contribution in [0.5, 0.6) is 5.75 Å². The van der Waals surface area contributed by atoms with Gasteiger partial charge in [0.05, 0.1) is 5.60 Å². The van der Waals surface area contributed by atoms with E-state index in [1.807, 2.05) is 19.1 Å². The maximum absolute atomic E-state index is 10.6. The van der Waals surface area contributed by atoms with Crippen LogP contribution in [0.2, 0.25) is 0 Å². The van der Waals surface area contributed by atoms with Crippen LogP contribution in [0.4, 0.5) is 0 Å². The molecule has 108 valence electrons. The molecule has 2 fully saturated rings. The molecule has 5 atom stereocenters. The zero-order chi connectivity index (χ0) is 13.9. The molecule has 2 N–H and O–H groups in total. The van der Waals surface area contributed by atoms with Gasteiger partial charge in [0, 0.05) is 0 Å². The predicted octanol–water partition coefficient (Wildman–Crippen LogP) is 3.61. The molecule has 0 aliphatic heterocycles. The summed E-state index contributed by atoms with van der Waals surface area (Å²) in [5.41, 5.74) is 2.41. The van der Waals surface area contributed by atoms with E-state index in [4.69, 9.17) is 0 Å². The van der Waals surface area contributed by atoms with Crippen molar-refractivity contribution < 1.29 is 10.2 Å². The second kappa shape index (κ2) is 4.24. The first kappa shape index (κ1) is 12.7. The summed E-state index contributed by atoms with van der Waals surface area (Å²) >= 11 is 0. The Labute approximate surface area is 120 Å². The fourth-order valence-corrected chi connectivity index (χ4v) is 5.51. The van der Waals surface area contributed by atoms with Gasteiger partial charge in [-0.3, -0.25) is 0 Å².